The molecule has 150 valence electrons. The van der Waals surface area contributed by atoms with Crippen LogP contribution in [0.15, 0.2) is 42.5 Å². The maximum absolute atomic E-state index is 10.3. The Kier molecular flexibility index (Phi) is 6.22. The topological polar surface area (TPSA) is 55.6 Å². The molecule has 0 spiro atoms. The predicted molar refractivity (Wildman–Crippen MR) is 107 cm³/mol. The lowest BCUT2D eigenvalue weighted by atomic mass is 10.2. The summed E-state index contributed by atoms with van der Waals surface area (Å²) in [5.74, 6) is 1.52. The van der Waals surface area contributed by atoms with Gasteiger partial charge in [0.1, 0.15) is 12.6 Å². The Morgan fingerprint density at radius 3 is 2.75 bits per heavy atom. The van der Waals surface area contributed by atoms with Gasteiger partial charge in [-0.25, -0.2) is 0 Å². The lowest BCUT2D eigenvalue weighted by molar-refractivity contribution is -0.903. The van der Waals surface area contributed by atoms with Gasteiger partial charge in [-0.2, -0.15) is 0 Å². The number of ether oxygens (including phenoxy) is 3. The van der Waals surface area contributed by atoms with Gasteiger partial charge in [-0.3, -0.25) is 0 Å². The van der Waals surface area contributed by atoms with E-state index in [0.29, 0.717) is 19.8 Å². The number of aliphatic hydroxyl groups excluding tert-OH is 1. The summed E-state index contributed by atoms with van der Waals surface area (Å²) in [5, 5.41) is 11.1. The van der Waals surface area contributed by atoms with Crippen LogP contribution in [0.1, 0.15) is 5.56 Å². The minimum absolute atomic E-state index is 0.270. The molecule has 0 saturated carbocycles. The predicted octanol–water partition coefficient (Wildman–Crippen LogP) is 1.35. The van der Waals surface area contributed by atoms with Gasteiger partial charge in [-0.05, 0) is 35.9 Å². The van der Waals surface area contributed by atoms with Crippen LogP contribution in [-0.4, -0.2) is 57.3 Å². The van der Waals surface area contributed by atoms with Crippen LogP contribution in [0, 0.1) is 0 Å². The quantitative estimate of drug-likeness (QED) is 0.728. The Balaban J connectivity index is 1.17. The van der Waals surface area contributed by atoms with Crippen molar-refractivity contribution in [3.63, 3.8) is 0 Å². The molecule has 1 saturated heterocycles. The third-order valence-corrected chi connectivity index (χ3v) is 5.42. The molecule has 2 aliphatic rings. The van der Waals surface area contributed by atoms with Gasteiger partial charge in [-0.15, -0.1) is 0 Å². The molecule has 4 rings (SSSR count). The zero-order chi connectivity index (χ0) is 19.3. The van der Waals surface area contributed by atoms with Crippen LogP contribution in [0.4, 0.5) is 5.69 Å². The molecule has 0 bridgehead atoms. The number of hydrogen-bond donors (Lipinski definition) is 2. The van der Waals surface area contributed by atoms with Gasteiger partial charge in [0.15, 0.2) is 11.5 Å². The number of rotatable bonds is 7. The molecule has 1 fully saturated rings. The number of benzene rings is 2. The zero-order valence-corrected chi connectivity index (χ0v) is 16.5. The molecule has 1 atom stereocenters. The summed E-state index contributed by atoms with van der Waals surface area (Å²) in [6.07, 6.45) is -0.471. The van der Waals surface area contributed by atoms with Crippen LogP contribution in [0.2, 0.25) is 5.02 Å². The summed E-state index contributed by atoms with van der Waals surface area (Å²) in [6.45, 7) is 5.65. The summed E-state index contributed by atoms with van der Waals surface area (Å²) < 4.78 is 16.4. The first-order valence-electron chi connectivity index (χ1n) is 9.66. The summed E-state index contributed by atoms with van der Waals surface area (Å²) >= 11 is 6.09. The first kappa shape index (κ1) is 19.3. The number of fused-ring (bicyclic) bond motifs is 1. The molecular weight excluding hydrogens is 380 g/mol. The second-order valence-corrected chi connectivity index (χ2v) is 7.71. The highest BCUT2D eigenvalue weighted by molar-refractivity contribution is 6.30. The Labute approximate surface area is 170 Å². The molecule has 2 heterocycles. The largest absolute Gasteiger partial charge is 0.454 e. The highest BCUT2D eigenvalue weighted by atomic mass is 35.5. The minimum atomic E-state index is -0.471. The van der Waals surface area contributed by atoms with Gasteiger partial charge in [-0.1, -0.05) is 23.7 Å². The Bertz CT molecular complexity index is 796. The Morgan fingerprint density at radius 2 is 1.93 bits per heavy atom. The number of nitrogens with one attached hydrogen (secondary N) is 1. The molecule has 7 heteroatoms. The van der Waals surface area contributed by atoms with Crippen molar-refractivity contribution in [1.82, 2.24) is 0 Å². The third kappa shape index (κ3) is 4.89. The standard InChI is InChI=1S/C21H25ClN2O4/c22-17-2-1-3-18(11-17)24-8-6-23(7-9-24)12-19(25)14-26-13-16-4-5-20-21(10-16)28-15-27-20/h1-5,10-11,19,25H,6-9,12-15H2/p+1/t19-/m1/s1. The summed E-state index contributed by atoms with van der Waals surface area (Å²) in [7, 11) is 0. The van der Waals surface area contributed by atoms with Gasteiger partial charge in [0.05, 0.1) is 39.4 Å². The van der Waals surface area contributed by atoms with E-state index in [4.69, 9.17) is 25.8 Å². The number of hydrogen-bond acceptors (Lipinski definition) is 5. The van der Waals surface area contributed by atoms with E-state index < -0.39 is 6.10 Å². The number of aliphatic hydroxyl groups is 1. The van der Waals surface area contributed by atoms with Crippen molar-refractivity contribution in [1.29, 1.82) is 0 Å². The van der Waals surface area contributed by atoms with E-state index in [-0.39, 0.29) is 6.79 Å². The van der Waals surface area contributed by atoms with E-state index in [1.807, 2.05) is 36.4 Å². The Hall–Kier alpha value is -1.99. The van der Waals surface area contributed by atoms with E-state index in [1.165, 1.54) is 10.6 Å². The van der Waals surface area contributed by atoms with Crippen molar-refractivity contribution < 1.29 is 24.2 Å². The summed E-state index contributed by atoms with van der Waals surface area (Å²) in [4.78, 5) is 3.75. The number of piperazine rings is 1. The smallest absolute Gasteiger partial charge is 0.231 e. The van der Waals surface area contributed by atoms with Crippen molar-refractivity contribution >= 4 is 17.3 Å². The number of anilines is 1. The fraction of sp³-hybridized carbons (Fsp3) is 0.429. The normalized spacial score (nSPS) is 17.7. The van der Waals surface area contributed by atoms with Crippen molar-refractivity contribution in [3.05, 3.63) is 53.1 Å². The minimum Gasteiger partial charge on any atom is -0.454 e. The molecule has 0 aromatic heterocycles. The molecular formula is C21H26ClN2O4+. The van der Waals surface area contributed by atoms with Crippen LogP contribution >= 0.6 is 11.6 Å². The van der Waals surface area contributed by atoms with Crippen molar-refractivity contribution in [2.75, 3.05) is 51.0 Å². The third-order valence-electron chi connectivity index (χ3n) is 5.18. The van der Waals surface area contributed by atoms with Crippen LogP contribution < -0.4 is 19.3 Å². The summed E-state index contributed by atoms with van der Waals surface area (Å²) in [5.41, 5.74) is 2.18. The van der Waals surface area contributed by atoms with Crippen molar-refractivity contribution in [3.8, 4) is 11.5 Å². The van der Waals surface area contributed by atoms with Crippen LogP contribution in [0.25, 0.3) is 0 Å². The number of halogens is 1. The summed E-state index contributed by atoms with van der Waals surface area (Å²) in [6, 6.07) is 13.8. The molecule has 0 aliphatic carbocycles. The molecule has 0 radical (unpaired) electrons. The number of quaternary nitrogens is 1. The highest BCUT2D eigenvalue weighted by Gasteiger charge is 2.23. The molecule has 2 aliphatic heterocycles. The fourth-order valence-electron chi connectivity index (χ4n) is 3.69. The van der Waals surface area contributed by atoms with Gasteiger partial charge < -0.3 is 29.1 Å². The Morgan fingerprint density at radius 1 is 1.11 bits per heavy atom. The van der Waals surface area contributed by atoms with Gasteiger partial charge in [0.2, 0.25) is 6.79 Å². The molecule has 2 N–H and O–H groups in total. The van der Waals surface area contributed by atoms with E-state index in [2.05, 4.69) is 11.0 Å². The van der Waals surface area contributed by atoms with Gasteiger partial charge in [0.25, 0.3) is 0 Å². The SMILES string of the molecule is O[C@@H](COCc1ccc2c(c1)OCO2)C[NH+]1CCN(c2cccc(Cl)c2)CC1. The second kappa shape index (κ2) is 9.01. The molecule has 2 aromatic carbocycles. The maximum atomic E-state index is 10.3. The van der Waals surface area contributed by atoms with Crippen molar-refractivity contribution in [2.24, 2.45) is 0 Å². The van der Waals surface area contributed by atoms with Crippen LogP contribution in [-0.2, 0) is 11.3 Å². The van der Waals surface area contributed by atoms with Gasteiger partial charge >= 0.3 is 0 Å². The first-order valence-corrected chi connectivity index (χ1v) is 10.0. The zero-order valence-electron chi connectivity index (χ0n) is 15.8. The molecule has 0 amide bonds. The van der Waals surface area contributed by atoms with Crippen LogP contribution in [0.3, 0.4) is 0 Å². The molecule has 28 heavy (non-hydrogen) atoms. The van der Waals surface area contributed by atoms with E-state index in [1.54, 1.807) is 0 Å². The maximum Gasteiger partial charge on any atom is 0.231 e. The van der Waals surface area contributed by atoms with E-state index in [9.17, 15) is 5.11 Å². The lowest BCUT2D eigenvalue weighted by Crippen LogP contribution is -3.16. The average molecular weight is 406 g/mol. The number of nitrogens with zero attached hydrogens (tertiary/aromatic N) is 1. The van der Waals surface area contributed by atoms with Crippen molar-refractivity contribution in [2.45, 2.75) is 12.7 Å². The lowest BCUT2D eigenvalue weighted by Gasteiger charge is -2.34. The molecule has 2 aromatic rings. The average Bonchev–Trinajstić information content (AvgIpc) is 3.16. The monoisotopic (exact) mass is 405 g/mol. The van der Waals surface area contributed by atoms with E-state index in [0.717, 1.165) is 48.3 Å². The van der Waals surface area contributed by atoms with Gasteiger partial charge in [0, 0.05) is 10.7 Å². The highest BCUT2D eigenvalue weighted by Crippen LogP contribution is 2.32. The van der Waals surface area contributed by atoms with E-state index >= 15 is 0 Å². The first-order chi connectivity index (χ1) is 13.7. The molecule has 0 unspecified atom stereocenters. The van der Waals surface area contributed by atoms with Crippen LogP contribution in [0.5, 0.6) is 11.5 Å². The molecule has 6 nitrogen and oxygen atoms in total. The fourth-order valence-corrected chi connectivity index (χ4v) is 3.88. The second-order valence-electron chi connectivity index (χ2n) is 7.28.